The summed E-state index contributed by atoms with van der Waals surface area (Å²) in [6.07, 6.45) is 5.54. The molecule has 0 bridgehead atoms. The normalized spacial score (nSPS) is 11.7. The van der Waals surface area contributed by atoms with Gasteiger partial charge in [-0.25, -0.2) is 0 Å². The third-order valence-electron chi connectivity index (χ3n) is 3.49. The molecule has 0 fully saturated rings. The van der Waals surface area contributed by atoms with Gasteiger partial charge in [0, 0.05) is 17.8 Å². The van der Waals surface area contributed by atoms with Gasteiger partial charge in [0.1, 0.15) is 0 Å². The fraction of sp³-hybridized carbons (Fsp3) is 0.800. The first-order valence-corrected chi connectivity index (χ1v) is 7.42. The molecule has 1 aromatic rings. The fourth-order valence-electron chi connectivity index (χ4n) is 2.50. The van der Waals surface area contributed by atoms with Crippen LogP contribution in [0.1, 0.15) is 77.1 Å². The first-order valence-electron chi connectivity index (χ1n) is 7.42. The van der Waals surface area contributed by atoms with Crippen LogP contribution in [-0.4, -0.2) is 16.3 Å². The van der Waals surface area contributed by atoms with Gasteiger partial charge in [0.2, 0.25) is 0 Å². The molecule has 0 aliphatic heterocycles. The van der Waals surface area contributed by atoms with E-state index in [0.717, 1.165) is 25.9 Å². The SMILES string of the molecule is CCCNCc1cnn(C(CC)CC)c1C(C)C. The molecule has 3 nitrogen and oxygen atoms in total. The molecule has 1 N–H and O–H groups in total. The monoisotopic (exact) mass is 251 g/mol. The van der Waals surface area contributed by atoms with E-state index in [1.54, 1.807) is 0 Å². The molecule has 0 saturated carbocycles. The van der Waals surface area contributed by atoms with E-state index in [0.29, 0.717) is 12.0 Å². The molecule has 1 aromatic heterocycles. The van der Waals surface area contributed by atoms with Crippen LogP contribution in [-0.2, 0) is 6.54 Å². The molecular formula is C15H29N3. The van der Waals surface area contributed by atoms with Crippen molar-refractivity contribution in [1.82, 2.24) is 15.1 Å². The number of hydrogen-bond acceptors (Lipinski definition) is 2. The van der Waals surface area contributed by atoms with Gasteiger partial charge in [-0.1, -0.05) is 34.6 Å². The smallest absolute Gasteiger partial charge is 0.0537 e. The molecule has 0 amide bonds. The molecule has 1 heterocycles. The van der Waals surface area contributed by atoms with Gasteiger partial charge in [-0.05, 0) is 31.7 Å². The van der Waals surface area contributed by atoms with Crippen LogP contribution in [0.5, 0.6) is 0 Å². The van der Waals surface area contributed by atoms with Crippen LogP contribution in [0, 0.1) is 0 Å². The standard InChI is InChI=1S/C15H29N3/c1-6-9-16-10-13-11-17-18(14(7-2)8-3)15(13)12(4)5/h11-12,14,16H,6-10H2,1-5H3. The minimum atomic E-state index is 0.534. The maximum Gasteiger partial charge on any atom is 0.0537 e. The van der Waals surface area contributed by atoms with Crippen LogP contribution in [0.25, 0.3) is 0 Å². The second kappa shape index (κ2) is 7.57. The maximum atomic E-state index is 4.63. The second-order valence-electron chi connectivity index (χ2n) is 5.30. The highest BCUT2D eigenvalue weighted by Crippen LogP contribution is 2.25. The molecule has 0 saturated heterocycles. The molecule has 104 valence electrons. The van der Waals surface area contributed by atoms with Gasteiger partial charge < -0.3 is 5.32 Å². The topological polar surface area (TPSA) is 29.9 Å². The molecule has 0 atom stereocenters. The van der Waals surface area contributed by atoms with Gasteiger partial charge in [-0.2, -0.15) is 5.10 Å². The van der Waals surface area contributed by atoms with Crippen LogP contribution in [0.4, 0.5) is 0 Å². The summed E-state index contributed by atoms with van der Waals surface area (Å²) < 4.78 is 2.26. The largest absolute Gasteiger partial charge is 0.313 e. The summed E-state index contributed by atoms with van der Waals surface area (Å²) in [5.74, 6) is 0.534. The molecule has 0 aliphatic rings. The van der Waals surface area contributed by atoms with Crippen LogP contribution < -0.4 is 5.32 Å². The Bertz CT molecular complexity index is 338. The Labute approximate surface area is 112 Å². The summed E-state index contributed by atoms with van der Waals surface area (Å²) >= 11 is 0. The molecule has 0 radical (unpaired) electrons. The Morgan fingerprint density at radius 3 is 2.39 bits per heavy atom. The van der Waals surface area contributed by atoms with Crippen molar-refractivity contribution in [2.75, 3.05) is 6.54 Å². The Hall–Kier alpha value is -0.830. The van der Waals surface area contributed by atoms with Gasteiger partial charge in [-0.15, -0.1) is 0 Å². The van der Waals surface area contributed by atoms with Gasteiger partial charge in [0.05, 0.1) is 12.2 Å². The van der Waals surface area contributed by atoms with Crippen molar-refractivity contribution in [2.45, 2.75) is 72.4 Å². The van der Waals surface area contributed by atoms with Crippen LogP contribution in [0.2, 0.25) is 0 Å². The third-order valence-corrected chi connectivity index (χ3v) is 3.49. The van der Waals surface area contributed by atoms with Crippen LogP contribution >= 0.6 is 0 Å². The summed E-state index contributed by atoms with van der Waals surface area (Å²) in [4.78, 5) is 0. The Balaban J connectivity index is 2.91. The van der Waals surface area contributed by atoms with Crippen LogP contribution in [0.15, 0.2) is 6.20 Å². The molecule has 0 spiro atoms. The predicted molar refractivity (Wildman–Crippen MR) is 77.9 cm³/mol. The summed E-state index contributed by atoms with van der Waals surface area (Å²) in [5, 5.41) is 8.12. The Kier molecular flexibility index (Phi) is 6.41. The van der Waals surface area contributed by atoms with Crippen molar-refractivity contribution < 1.29 is 0 Å². The number of hydrogen-bond donors (Lipinski definition) is 1. The van der Waals surface area contributed by atoms with Crippen LogP contribution in [0.3, 0.4) is 0 Å². The van der Waals surface area contributed by atoms with E-state index in [4.69, 9.17) is 0 Å². The zero-order valence-electron chi connectivity index (χ0n) is 12.7. The van der Waals surface area contributed by atoms with E-state index in [9.17, 15) is 0 Å². The van der Waals surface area contributed by atoms with Gasteiger partial charge in [0.25, 0.3) is 0 Å². The highest BCUT2D eigenvalue weighted by atomic mass is 15.3. The molecule has 0 aromatic carbocycles. The van der Waals surface area contributed by atoms with Crippen molar-refractivity contribution in [3.8, 4) is 0 Å². The lowest BCUT2D eigenvalue weighted by Gasteiger charge is -2.20. The zero-order chi connectivity index (χ0) is 13.5. The molecule has 3 heteroatoms. The summed E-state index contributed by atoms with van der Waals surface area (Å²) in [6, 6.07) is 0.544. The number of nitrogens with zero attached hydrogens (tertiary/aromatic N) is 2. The molecular weight excluding hydrogens is 222 g/mol. The number of nitrogens with one attached hydrogen (secondary N) is 1. The van der Waals surface area contributed by atoms with E-state index in [1.807, 2.05) is 0 Å². The van der Waals surface area contributed by atoms with E-state index in [1.165, 1.54) is 17.7 Å². The average Bonchev–Trinajstić information content (AvgIpc) is 2.75. The maximum absolute atomic E-state index is 4.63. The van der Waals surface area contributed by atoms with E-state index in [-0.39, 0.29) is 0 Å². The van der Waals surface area contributed by atoms with Crippen molar-refractivity contribution in [3.63, 3.8) is 0 Å². The molecule has 0 aliphatic carbocycles. The Morgan fingerprint density at radius 1 is 1.22 bits per heavy atom. The Morgan fingerprint density at radius 2 is 1.89 bits per heavy atom. The van der Waals surface area contributed by atoms with Gasteiger partial charge in [-0.3, -0.25) is 4.68 Å². The quantitative estimate of drug-likeness (QED) is 0.711. The van der Waals surface area contributed by atoms with E-state index in [2.05, 4.69) is 55.9 Å². The van der Waals surface area contributed by atoms with Crippen molar-refractivity contribution in [2.24, 2.45) is 0 Å². The number of aromatic nitrogens is 2. The summed E-state index contributed by atoms with van der Waals surface area (Å²) in [5.41, 5.74) is 2.78. The third kappa shape index (κ3) is 3.58. The average molecular weight is 251 g/mol. The fourth-order valence-corrected chi connectivity index (χ4v) is 2.50. The first kappa shape index (κ1) is 15.2. The highest BCUT2D eigenvalue weighted by Gasteiger charge is 2.18. The lowest BCUT2D eigenvalue weighted by molar-refractivity contribution is 0.407. The lowest BCUT2D eigenvalue weighted by atomic mass is 10.0. The summed E-state index contributed by atoms with van der Waals surface area (Å²) in [7, 11) is 0. The van der Waals surface area contributed by atoms with Crippen molar-refractivity contribution in [1.29, 1.82) is 0 Å². The molecule has 18 heavy (non-hydrogen) atoms. The minimum absolute atomic E-state index is 0.534. The highest BCUT2D eigenvalue weighted by molar-refractivity contribution is 5.21. The van der Waals surface area contributed by atoms with E-state index < -0.39 is 0 Å². The van der Waals surface area contributed by atoms with Crippen molar-refractivity contribution >= 4 is 0 Å². The summed E-state index contributed by atoms with van der Waals surface area (Å²) in [6.45, 7) is 13.2. The zero-order valence-corrected chi connectivity index (χ0v) is 12.7. The second-order valence-corrected chi connectivity index (χ2v) is 5.30. The van der Waals surface area contributed by atoms with Gasteiger partial charge in [0.15, 0.2) is 0 Å². The first-order chi connectivity index (χ1) is 8.65. The van der Waals surface area contributed by atoms with Gasteiger partial charge >= 0.3 is 0 Å². The van der Waals surface area contributed by atoms with Crippen molar-refractivity contribution in [3.05, 3.63) is 17.5 Å². The molecule has 1 rings (SSSR count). The minimum Gasteiger partial charge on any atom is -0.313 e. The lowest BCUT2D eigenvalue weighted by Crippen LogP contribution is -2.17. The molecule has 0 unspecified atom stereocenters. The van der Waals surface area contributed by atoms with E-state index >= 15 is 0 Å². The number of rotatable bonds is 8. The predicted octanol–water partition coefficient (Wildman–Crippen LogP) is 3.87.